The zero-order valence-electron chi connectivity index (χ0n) is 32.5. The summed E-state index contributed by atoms with van der Waals surface area (Å²) in [4.78, 5) is 0. The molecule has 0 radical (unpaired) electrons. The van der Waals surface area contributed by atoms with Gasteiger partial charge in [0.1, 0.15) is 36.6 Å². The van der Waals surface area contributed by atoms with Gasteiger partial charge in [-0.05, 0) is 123 Å². The normalized spacial score (nSPS) is 55.0. The molecule has 5 aliphatic carbocycles. The molecular formula is C40H68O13. The molecule has 2 heterocycles. The minimum Gasteiger partial charge on any atom is -0.396 e. The predicted octanol–water partition coefficient (Wildman–Crippen LogP) is 1.20. The van der Waals surface area contributed by atoms with Crippen molar-refractivity contribution in [2.45, 2.75) is 179 Å². The second-order valence-electron chi connectivity index (χ2n) is 20.0. The topological polar surface area (TPSA) is 219 Å². The Hall–Kier alpha value is -0.520. The molecule has 0 aromatic heterocycles. The Kier molecular flexibility index (Phi) is 10.6. The van der Waals surface area contributed by atoms with Crippen LogP contribution in [0.2, 0.25) is 0 Å². The maximum absolute atomic E-state index is 11.8. The average Bonchev–Trinajstić information content (AvgIpc) is 3.71. The summed E-state index contributed by atoms with van der Waals surface area (Å²) < 4.78 is 24.0. The minimum absolute atomic E-state index is 0.0408. The number of ether oxygens (including phenoxy) is 4. The maximum Gasteiger partial charge on any atom is 0.186 e. The fraction of sp³-hybridized carbons (Fsp3) is 1.00. The molecule has 7 fully saturated rings. The fourth-order valence-corrected chi connectivity index (χ4v) is 13.9. The molecule has 5 saturated carbocycles. The second-order valence-corrected chi connectivity index (χ2v) is 20.0. The number of aliphatic hydroxyl groups is 9. The van der Waals surface area contributed by atoms with E-state index in [1.807, 2.05) is 0 Å². The lowest BCUT2D eigenvalue weighted by Crippen LogP contribution is -2.63. The van der Waals surface area contributed by atoms with Crippen molar-refractivity contribution in [2.24, 2.45) is 50.7 Å². The summed E-state index contributed by atoms with van der Waals surface area (Å²) in [7, 11) is 0. The first-order valence-electron chi connectivity index (χ1n) is 20.3. The van der Waals surface area contributed by atoms with E-state index in [9.17, 15) is 46.0 Å². The molecule has 13 nitrogen and oxygen atoms in total. The molecule has 2 saturated heterocycles. The zero-order valence-corrected chi connectivity index (χ0v) is 32.5. The number of hydrogen-bond acceptors (Lipinski definition) is 13. The van der Waals surface area contributed by atoms with Gasteiger partial charge >= 0.3 is 0 Å². The molecule has 13 heteroatoms. The van der Waals surface area contributed by atoms with Crippen molar-refractivity contribution in [1.82, 2.24) is 0 Å². The van der Waals surface area contributed by atoms with E-state index in [0.29, 0.717) is 18.8 Å². The summed E-state index contributed by atoms with van der Waals surface area (Å²) in [5.74, 6) is 0.903. The van der Waals surface area contributed by atoms with Crippen molar-refractivity contribution in [3.05, 3.63) is 0 Å². The monoisotopic (exact) mass is 756 g/mol. The lowest BCUT2D eigenvalue weighted by Gasteiger charge is -2.63. The Bertz CT molecular complexity index is 1330. The van der Waals surface area contributed by atoms with Gasteiger partial charge in [-0.25, -0.2) is 0 Å². The predicted molar refractivity (Wildman–Crippen MR) is 190 cm³/mol. The van der Waals surface area contributed by atoms with Gasteiger partial charge in [-0.3, -0.25) is 0 Å². The van der Waals surface area contributed by atoms with E-state index < -0.39 is 78.5 Å². The van der Waals surface area contributed by atoms with Gasteiger partial charge < -0.3 is 64.9 Å². The highest BCUT2D eigenvalue weighted by atomic mass is 16.7. The molecule has 0 unspecified atom stereocenters. The summed E-state index contributed by atoms with van der Waals surface area (Å²) in [6.07, 6.45) is -4.04. The van der Waals surface area contributed by atoms with Crippen LogP contribution < -0.4 is 0 Å². The van der Waals surface area contributed by atoms with Gasteiger partial charge in [0.05, 0.1) is 43.7 Å². The van der Waals surface area contributed by atoms with Crippen LogP contribution in [0.1, 0.15) is 106 Å². The van der Waals surface area contributed by atoms with Crippen molar-refractivity contribution in [3.8, 4) is 0 Å². The standard InChI is InChI=1S/C40H68O13/c1-20(7-10-26(45)35(2,3)49)28-21(42)15-38(6)25-9-8-24-36(4,19-41)27(11-12-39(24)18-40(25,39)14-13-37(28,38)5)52-34-32(30(47)23(44)17-51-34)53-33-31(48)29(46)22(43)16-50-33/h20-34,41-49H,7-19H2,1-6H3/t20-,21+,22-,23-,24-,25+,26+,27-,28+,29+,30+,31-,32-,33+,34+,36-,37-,38+,39-,40+/m1/s1. The first kappa shape index (κ1) is 40.7. The van der Waals surface area contributed by atoms with Gasteiger partial charge in [0.25, 0.3) is 0 Å². The van der Waals surface area contributed by atoms with Crippen LogP contribution in [0.5, 0.6) is 0 Å². The molecule has 0 amide bonds. The minimum atomic E-state index is -1.60. The van der Waals surface area contributed by atoms with Gasteiger partial charge in [0.15, 0.2) is 12.6 Å². The van der Waals surface area contributed by atoms with Gasteiger partial charge in [0, 0.05) is 5.41 Å². The summed E-state index contributed by atoms with van der Waals surface area (Å²) in [5.41, 5.74) is -1.78. The Balaban J connectivity index is 1.08. The highest BCUT2D eigenvalue weighted by Crippen LogP contribution is 2.89. The summed E-state index contributed by atoms with van der Waals surface area (Å²) >= 11 is 0. The Morgan fingerprint density at radius 3 is 2.02 bits per heavy atom. The van der Waals surface area contributed by atoms with Gasteiger partial charge in [-0.2, -0.15) is 0 Å². The van der Waals surface area contributed by atoms with Gasteiger partial charge in [0.2, 0.25) is 0 Å². The van der Waals surface area contributed by atoms with E-state index in [-0.39, 0.29) is 59.2 Å². The Labute approximate surface area is 314 Å². The molecule has 0 bridgehead atoms. The van der Waals surface area contributed by atoms with Crippen molar-refractivity contribution in [2.75, 3.05) is 19.8 Å². The van der Waals surface area contributed by atoms with Crippen molar-refractivity contribution < 1.29 is 64.9 Å². The second kappa shape index (κ2) is 13.8. The van der Waals surface area contributed by atoms with Gasteiger partial charge in [-0.15, -0.1) is 0 Å². The van der Waals surface area contributed by atoms with Crippen LogP contribution in [-0.4, -0.2) is 139 Å². The molecule has 306 valence electrons. The third kappa shape index (κ3) is 6.04. The summed E-state index contributed by atoms with van der Waals surface area (Å²) in [6.45, 7) is 11.8. The van der Waals surface area contributed by atoms with E-state index in [1.54, 1.807) is 13.8 Å². The van der Waals surface area contributed by atoms with Crippen LogP contribution in [0, 0.1) is 50.7 Å². The van der Waals surface area contributed by atoms with Crippen LogP contribution in [0.3, 0.4) is 0 Å². The maximum atomic E-state index is 11.8. The van der Waals surface area contributed by atoms with Crippen molar-refractivity contribution in [3.63, 3.8) is 0 Å². The molecule has 0 aromatic carbocycles. The molecule has 2 aliphatic heterocycles. The van der Waals surface area contributed by atoms with Crippen LogP contribution in [0.15, 0.2) is 0 Å². The smallest absolute Gasteiger partial charge is 0.186 e. The lowest BCUT2D eigenvalue weighted by atomic mass is 9.41. The number of hydrogen-bond donors (Lipinski definition) is 9. The Morgan fingerprint density at radius 1 is 0.736 bits per heavy atom. The first-order chi connectivity index (χ1) is 24.7. The summed E-state index contributed by atoms with van der Waals surface area (Å²) in [5, 5.41) is 96.1. The summed E-state index contributed by atoms with van der Waals surface area (Å²) in [6, 6.07) is 0. The fourth-order valence-electron chi connectivity index (χ4n) is 13.9. The quantitative estimate of drug-likeness (QED) is 0.143. The molecule has 7 rings (SSSR count). The first-order valence-corrected chi connectivity index (χ1v) is 20.3. The molecule has 0 aromatic rings. The Morgan fingerprint density at radius 2 is 1.36 bits per heavy atom. The highest BCUT2D eigenvalue weighted by molar-refractivity contribution is 5.31. The molecule has 2 spiro atoms. The van der Waals surface area contributed by atoms with Crippen LogP contribution in [-0.2, 0) is 18.9 Å². The zero-order chi connectivity index (χ0) is 38.7. The molecular weight excluding hydrogens is 688 g/mol. The molecule has 7 aliphatic rings. The molecule has 20 atom stereocenters. The molecule has 9 N–H and O–H groups in total. The SMILES string of the molecule is C[C@H](CC[C@H](O)C(C)(C)O)[C@H]1[C@@H](O)C[C@@]2(C)[C@@H]3CC[C@@H]4[C@@](C)(CO)[C@H](O[C@@H]5OC[C@@H](O)[C@H](O)[C@H]5O[C@@H]5OC[C@@H](O)[C@H](O)[C@H]5O)CC[C@@]45C[C@@]35CC[C@]12C. The third-order valence-corrected chi connectivity index (χ3v) is 17.0. The number of fused-ring (bicyclic) bond motifs is 2. The van der Waals surface area contributed by atoms with Crippen molar-refractivity contribution in [1.29, 1.82) is 0 Å². The van der Waals surface area contributed by atoms with Crippen LogP contribution >= 0.6 is 0 Å². The largest absolute Gasteiger partial charge is 0.396 e. The average molecular weight is 757 g/mol. The van der Waals surface area contributed by atoms with Crippen LogP contribution in [0.25, 0.3) is 0 Å². The number of aliphatic hydroxyl groups excluding tert-OH is 8. The van der Waals surface area contributed by atoms with E-state index >= 15 is 0 Å². The van der Waals surface area contributed by atoms with E-state index in [2.05, 4.69) is 27.7 Å². The number of rotatable bonds is 10. The van der Waals surface area contributed by atoms with E-state index in [0.717, 1.165) is 51.4 Å². The van der Waals surface area contributed by atoms with Crippen LogP contribution in [0.4, 0.5) is 0 Å². The van der Waals surface area contributed by atoms with Gasteiger partial charge in [-0.1, -0.05) is 27.7 Å². The highest BCUT2D eigenvalue weighted by Gasteiger charge is 2.83. The third-order valence-electron chi connectivity index (χ3n) is 17.0. The lowest BCUT2D eigenvalue weighted by molar-refractivity contribution is -0.356. The van der Waals surface area contributed by atoms with Crippen molar-refractivity contribution >= 4 is 0 Å². The van der Waals surface area contributed by atoms with E-state index in [1.165, 1.54) is 0 Å². The molecule has 53 heavy (non-hydrogen) atoms. The van der Waals surface area contributed by atoms with E-state index in [4.69, 9.17) is 18.9 Å².